The number of benzene rings is 1. The van der Waals surface area contributed by atoms with Crippen LogP contribution in [-0.4, -0.2) is 41.2 Å². The highest BCUT2D eigenvalue weighted by molar-refractivity contribution is 5.97. The van der Waals surface area contributed by atoms with Crippen molar-refractivity contribution in [1.29, 1.82) is 0 Å². The molecule has 0 bridgehead atoms. The monoisotopic (exact) mass is 263 g/mol. The third kappa shape index (κ3) is 3.45. The molecule has 0 aliphatic carbocycles. The quantitative estimate of drug-likeness (QED) is 0.374. The van der Waals surface area contributed by atoms with Gasteiger partial charge in [-0.3, -0.25) is 4.90 Å². The zero-order valence-electron chi connectivity index (χ0n) is 11.4. The maximum absolute atomic E-state index is 8.71. The number of oxime groups is 1. The minimum atomic E-state index is 0.144. The predicted octanol–water partition coefficient (Wildman–Crippen LogP) is 1.39. The minimum absolute atomic E-state index is 0.144. The van der Waals surface area contributed by atoms with Gasteiger partial charge in [0.15, 0.2) is 5.84 Å². The van der Waals surface area contributed by atoms with Crippen LogP contribution in [0.25, 0.3) is 0 Å². The maximum Gasteiger partial charge on any atom is 0.170 e. The molecule has 19 heavy (non-hydrogen) atoms. The topological polar surface area (TPSA) is 71.1 Å². The third-order valence-corrected chi connectivity index (χ3v) is 3.45. The summed E-state index contributed by atoms with van der Waals surface area (Å²) < 4.78 is 5.62. The number of nitrogens with zero attached hydrogens (tertiary/aromatic N) is 2. The lowest BCUT2D eigenvalue weighted by molar-refractivity contribution is -0.0526. The van der Waals surface area contributed by atoms with Crippen molar-refractivity contribution in [2.75, 3.05) is 13.2 Å². The van der Waals surface area contributed by atoms with Crippen molar-refractivity contribution in [3.05, 3.63) is 35.4 Å². The highest BCUT2D eigenvalue weighted by atomic mass is 16.5. The molecule has 2 atom stereocenters. The molecule has 2 rings (SSSR count). The van der Waals surface area contributed by atoms with E-state index in [0.717, 1.165) is 30.8 Å². The molecule has 0 saturated carbocycles. The standard InChI is InChI=1S/C14H21N3O2/c1-10-9-19-11(2)7-17(10)8-12-4-3-5-13(6-12)14(15)16-18/h3-6,10-11,18H,7-9H2,1-2H3,(H2,15,16). The molecular formula is C14H21N3O2. The number of hydrogen-bond acceptors (Lipinski definition) is 4. The second-order valence-corrected chi connectivity index (χ2v) is 5.11. The van der Waals surface area contributed by atoms with E-state index in [0.29, 0.717) is 6.04 Å². The summed E-state index contributed by atoms with van der Waals surface area (Å²) >= 11 is 0. The van der Waals surface area contributed by atoms with Crippen molar-refractivity contribution >= 4 is 5.84 Å². The first-order valence-electron chi connectivity index (χ1n) is 6.52. The van der Waals surface area contributed by atoms with Crippen molar-refractivity contribution in [2.45, 2.75) is 32.5 Å². The number of hydrogen-bond donors (Lipinski definition) is 2. The van der Waals surface area contributed by atoms with Gasteiger partial charge in [-0.2, -0.15) is 0 Å². The Morgan fingerprint density at radius 2 is 2.32 bits per heavy atom. The number of nitrogens with two attached hydrogens (primary N) is 1. The van der Waals surface area contributed by atoms with Crippen molar-refractivity contribution in [3.63, 3.8) is 0 Å². The van der Waals surface area contributed by atoms with Gasteiger partial charge in [-0.05, 0) is 25.5 Å². The number of morpholine rings is 1. The van der Waals surface area contributed by atoms with Gasteiger partial charge in [-0.1, -0.05) is 23.4 Å². The molecule has 1 saturated heterocycles. The molecule has 1 aromatic rings. The van der Waals surface area contributed by atoms with E-state index in [-0.39, 0.29) is 11.9 Å². The molecule has 0 aromatic heterocycles. The smallest absolute Gasteiger partial charge is 0.170 e. The fourth-order valence-electron chi connectivity index (χ4n) is 2.31. The van der Waals surface area contributed by atoms with Crippen LogP contribution in [0.1, 0.15) is 25.0 Å². The largest absolute Gasteiger partial charge is 0.409 e. The fraction of sp³-hybridized carbons (Fsp3) is 0.500. The minimum Gasteiger partial charge on any atom is -0.409 e. The molecule has 3 N–H and O–H groups in total. The van der Waals surface area contributed by atoms with Crippen LogP contribution in [0.2, 0.25) is 0 Å². The van der Waals surface area contributed by atoms with Crippen LogP contribution in [-0.2, 0) is 11.3 Å². The summed E-state index contributed by atoms with van der Waals surface area (Å²) in [5.41, 5.74) is 7.51. The molecule has 0 amide bonds. The van der Waals surface area contributed by atoms with E-state index in [2.05, 4.69) is 30.0 Å². The Kier molecular flexibility index (Phi) is 4.39. The maximum atomic E-state index is 8.71. The van der Waals surface area contributed by atoms with Crippen molar-refractivity contribution in [1.82, 2.24) is 4.90 Å². The highest BCUT2D eigenvalue weighted by Gasteiger charge is 2.23. The molecule has 1 fully saturated rings. The molecule has 1 aliphatic heterocycles. The van der Waals surface area contributed by atoms with Gasteiger partial charge in [0.1, 0.15) is 0 Å². The van der Waals surface area contributed by atoms with E-state index < -0.39 is 0 Å². The molecule has 1 heterocycles. The van der Waals surface area contributed by atoms with Gasteiger partial charge >= 0.3 is 0 Å². The Labute approximate surface area is 113 Å². The van der Waals surface area contributed by atoms with E-state index >= 15 is 0 Å². The first kappa shape index (κ1) is 13.8. The zero-order valence-corrected chi connectivity index (χ0v) is 11.4. The summed E-state index contributed by atoms with van der Waals surface area (Å²) in [6.45, 7) is 6.79. The van der Waals surface area contributed by atoms with Crippen LogP contribution in [0.4, 0.5) is 0 Å². The Morgan fingerprint density at radius 1 is 1.53 bits per heavy atom. The predicted molar refractivity (Wildman–Crippen MR) is 74.2 cm³/mol. The van der Waals surface area contributed by atoms with Gasteiger partial charge in [0.25, 0.3) is 0 Å². The number of amidine groups is 1. The molecule has 1 aliphatic rings. The summed E-state index contributed by atoms with van der Waals surface area (Å²) in [6, 6.07) is 8.19. The van der Waals surface area contributed by atoms with Crippen LogP contribution in [0.5, 0.6) is 0 Å². The van der Waals surface area contributed by atoms with Crippen molar-refractivity contribution < 1.29 is 9.94 Å². The average molecular weight is 263 g/mol. The summed E-state index contributed by atoms with van der Waals surface area (Å²) in [4.78, 5) is 2.39. The highest BCUT2D eigenvalue weighted by Crippen LogP contribution is 2.16. The van der Waals surface area contributed by atoms with Gasteiger partial charge in [0.2, 0.25) is 0 Å². The Hall–Kier alpha value is -1.59. The first-order valence-corrected chi connectivity index (χ1v) is 6.52. The molecular weight excluding hydrogens is 242 g/mol. The zero-order chi connectivity index (χ0) is 13.8. The SMILES string of the molecule is CC1CN(Cc2cccc(/C(N)=N/O)c2)C(C)CO1. The van der Waals surface area contributed by atoms with Gasteiger partial charge in [0, 0.05) is 24.7 Å². The first-order chi connectivity index (χ1) is 9.10. The van der Waals surface area contributed by atoms with Gasteiger partial charge < -0.3 is 15.7 Å². The fourth-order valence-corrected chi connectivity index (χ4v) is 2.31. The van der Waals surface area contributed by atoms with Crippen LogP contribution >= 0.6 is 0 Å². The van der Waals surface area contributed by atoms with Gasteiger partial charge in [0.05, 0.1) is 12.7 Å². The molecule has 0 spiro atoms. The lowest BCUT2D eigenvalue weighted by atomic mass is 10.1. The van der Waals surface area contributed by atoms with Gasteiger partial charge in [-0.25, -0.2) is 0 Å². The Bertz CT molecular complexity index is 462. The molecule has 5 heteroatoms. The summed E-state index contributed by atoms with van der Waals surface area (Å²) in [6.07, 6.45) is 0.267. The molecule has 2 unspecified atom stereocenters. The number of rotatable bonds is 3. The normalized spacial score (nSPS) is 25.5. The summed E-state index contributed by atoms with van der Waals surface area (Å²) in [5.74, 6) is 0.144. The molecule has 104 valence electrons. The third-order valence-electron chi connectivity index (χ3n) is 3.45. The van der Waals surface area contributed by atoms with Crippen molar-refractivity contribution in [3.8, 4) is 0 Å². The lowest BCUT2D eigenvalue weighted by Crippen LogP contribution is -2.46. The second-order valence-electron chi connectivity index (χ2n) is 5.11. The van der Waals surface area contributed by atoms with Crippen LogP contribution < -0.4 is 5.73 Å². The second kappa shape index (κ2) is 6.04. The van der Waals surface area contributed by atoms with E-state index in [4.69, 9.17) is 15.7 Å². The summed E-state index contributed by atoms with van der Waals surface area (Å²) in [7, 11) is 0. The van der Waals surface area contributed by atoms with Gasteiger partial charge in [-0.15, -0.1) is 0 Å². The molecule has 0 radical (unpaired) electrons. The molecule has 1 aromatic carbocycles. The van der Waals surface area contributed by atoms with Crippen LogP contribution in [0.15, 0.2) is 29.4 Å². The van der Waals surface area contributed by atoms with Crippen molar-refractivity contribution in [2.24, 2.45) is 10.9 Å². The summed E-state index contributed by atoms with van der Waals surface area (Å²) in [5, 5.41) is 11.7. The van der Waals surface area contributed by atoms with E-state index in [1.807, 2.05) is 18.2 Å². The van der Waals surface area contributed by atoms with Crippen LogP contribution in [0, 0.1) is 0 Å². The lowest BCUT2D eigenvalue weighted by Gasteiger charge is -2.36. The average Bonchev–Trinajstić information content (AvgIpc) is 2.42. The van der Waals surface area contributed by atoms with Crippen LogP contribution in [0.3, 0.4) is 0 Å². The Balaban J connectivity index is 2.10. The van der Waals surface area contributed by atoms with E-state index in [1.165, 1.54) is 0 Å². The van der Waals surface area contributed by atoms with E-state index in [1.54, 1.807) is 0 Å². The molecule has 5 nitrogen and oxygen atoms in total. The Morgan fingerprint density at radius 3 is 3.05 bits per heavy atom. The van der Waals surface area contributed by atoms with E-state index in [9.17, 15) is 0 Å². The number of ether oxygens (including phenoxy) is 1.